The van der Waals surface area contributed by atoms with Gasteiger partial charge in [0.05, 0.1) is 10.5 Å². The predicted molar refractivity (Wildman–Crippen MR) is 73.4 cm³/mol. The molecule has 0 radical (unpaired) electrons. The number of amides is 1. The van der Waals surface area contributed by atoms with Crippen LogP contribution in [0.1, 0.15) is 24.2 Å². The number of hydrogen-bond donors (Lipinski definition) is 1. The normalized spacial score (nSPS) is 11.4. The molecule has 0 saturated heterocycles. The van der Waals surface area contributed by atoms with E-state index in [0.29, 0.717) is 0 Å². The minimum atomic E-state index is -3.99. The third-order valence-electron chi connectivity index (χ3n) is 2.93. The molecule has 1 N–H and O–H groups in total. The van der Waals surface area contributed by atoms with E-state index in [4.69, 9.17) is 5.11 Å². The van der Waals surface area contributed by atoms with Gasteiger partial charge in [-0.3, -0.25) is 4.79 Å². The first-order valence-corrected chi connectivity index (χ1v) is 7.62. The lowest BCUT2D eigenvalue weighted by atomic mass is 10.2. The molecule has 1 rings (SSSR count). The molecule has 0 saturated carbocycles. The number of rotatable bonds is 5. The number of carbonyl (C=O) groups excluding carboxylic acids is 1. The third kappa shape index (κ3) is 3.57. The average Bonchev–Trinajstić information content (AvgIpc) is 2.37. The first-order valence-electron chi connectivity index (χ1n) is 5.97. The molecule has 20 heavy (non-hydrogen) atoms. The average molecular weight is 299 g/mol. The molecule has 0 heterocycles. The number of hydrogen-bond acceptors (Lipinski definition) is 4. The van der Waals surface area contributed by atoms with E-state index in [2.05, 4.69) is 0 Å². The Balaban J connectivity index is 3.13. The van der Waals surface area contributed by atoms with Crippen LogP contribution in [-0.2, 0) is 14.6 Å². The summed E-state index contributed by atoms with van der Waals surface area (Å²) in [6.07, 6.45) is 0. The maximum Gasteiger partial charge on any atom is 0.337 e. The molecule has 6 nitrogen and oxygen atoms in total. The van der Waals surface area contributed by atoms with E-state index in [0.717, 1.165) is 0 Å². The first-order chi connectivity index (χ1) is 9.16. The summed E-state index contributed by atoms with van der Waals surface area (Å²) in [5.74, 6) is -2.65. The quantitative estimate of drug-likeness (QED) is 0.876. The third-order valence-corrected chi connectivity index (χ3v) is 4.59. The number of nitrogens with zero attached hydrogens (tertiary/aromatic N) is 1. The van der Waals surface area contributed by atoms with E-state index in [9.17, 15) is 18.0 Å². The molecular formula is C13H17NO5S. The van der Waals surface area contributed by atoms with Crippen molar-refractivity contribution in [3.63, 3.8) is 0 Å². The van der Waals surface area contributed by atoms with Crippen molar-refractivity contribution in [1.29, 1.82) is 0 Å². The lowest BCUT2D eigenvalue weighted by Crippen LogP contribution is -2.37. The van der Waals surface area contributed by atoms with E-state index in [-0.39, 0.29) is 16.5 Å². The van der Waals surface area contributed by atoms with Crippen LogP contribution in [0.25, 0.3) is 0 Å². The number of benzene rings is 1. The lowest BCUT2D eigenvalue weighted by Gasteiger charge is -2.21. The van der Waals surface area contributed by atoms with Gasteiger partial charge in [-0.1, -0.05) is 12.1 Å². The molecule has 0 unspecified atom stereocenters. The smallest absolute Gasteiger partial charge is 0.337 e. The Morgan fingerprint density at radius 3 is 2.30 bits per heavy atom. The van der Waals surface area contributed by atoms with Crippen molar-refractivity contribution < 1.29 is 23.1 Å². The zero-order chi connectivity index (χ0) is 15.5. The molecular weight excluding hydrogens is 282 g/mol. The topological polar surface area (TPSA) is 91.8 Å². The highest BCUT2D eigenvalue weighted by Gasteiger charge is 2.26. The molecule has 7 heteroatoms. The Labute approximate surface area is 117 Å². The summed E-state index contributed by atoms with van der Waals surface area (Å²) in [5, 5.41) is 9.00. The van der Waals surface area contributed by atoms with Gasteiger partial charge in [-0.15, -0.1) is 0 Å². The summed E-state index contributed by atoms with van der Waals surface area (Å²) >= 11 is 0. The van der Waals surface area contributed by atoms with Gasteiger partial charge < -0.3 is 10.0 Å². The van der Waals surface area contributed by atoms with Gasteiger partial charge in [0.1, 0.15) is 5.75 Å². The molecule has 1 aromatic rings. The van der Waals surface area contributed by atoms with E-state index in [1.165, 1.54) is 36.2 Å². The molecule has 1 amide bonds. The van der Waals surface area contributed by atoms with Crippen LogP contribution in [0, 0.1) is 0 Å². The van der Waals surface area contributed by atoms with Crippen molar-refractivity contribution in [1.82, 2.24) is 4.90 Å². The summed E-state index contributed by atoms with van der Waals surface area (Å²) < 4.78 is 24.4. The summed E-state index contributed by atoms with van der Waals surface area (Å²) in [7, 11) is -2.48. The standard InChI is InChI=1S/C13H17NO5S/c1-9(2)14(3)12(15)8-20(18,19)11-7-5-4-6-10(11)13(16)17/h4-7,9H,8H2,1-3H3,(H,16,17). The van der Waals surface area contributed by atoms with Gasteiger partial charge in [-0.2, -0.15) is 0 Å². The largest absolute Gasteiger partial charge is 0.478 e. The number of sulfone groups is 1. The summed E-state index contributed by atoms with van der Waals surface area (Å²) in [5.41, 5.74) is -0.326. The molecule has 0 aliphatic carbocycles. The molecule has 0 fully saturated rings. The van der Waals surface area contributed by atoms with Crippen LogP contribution in [0.2, 0.25) is 0 Å². The van der Waals surface area contributed by atoms with Gasteiger partial charge in [0.25, 0.3) is 0 Å². The Bertz CT molecular complexity index is 621. The fraction of sp³-hybridized carbons (Fsp3) is 0.385. The fourth-order valence-electron chi connectivity index (χ4n) is 1.54. The molecule has 0 bridgehead atoms. The van der Waals surface area contributed by atoms with E-state index in [1.807, 2.05) is 0 Å². The number of carbonyl (C=O) groups is 2. The van der Waals surface area contributed by atoms with Gasteiger partial charge in [-0.25, -0.2) is 13.2 Å². The minimum absolute atomic E-state index is 0.132. The molecule has 0 aliphatic heterocycles. The van der Waals surface area contributed by atoms with Crippen LogP contribution in [-0.4, -0.2) is 49.1 Å². The number of carboxylic acid groups (broad SMARTS) is 1. The molecule has 1 aromatic carbocycles. The zero-order valence-electron chi connectivity index (χ0n) is 11.5. The predicted octanol–water partition coefficient (Wildman–Crippen LogP) is 1.03. The maximum absolute atomic E-state index is 12.2. The maximum atomic E-state index is 12.2. The molecule has 110 valence electrons. The second-order valence-electron chi connectivity index (χ2n) is 4.66. The van der Waals surface area contributed by atoms with Crippen LogP contribution in [0.5, 0.6) is 0 Å². The van der Waals surface area contributed by atoms with Crippen molar-refractivity contribution in [3.05, 3.63) is 29.8 Å². The number of aromatic carboxylic acids is 1. The second-order valence-corrected chi connectivity index (χ2v) is 6.62. The van der Waals surface area contributed by atoms with Crippen LogP contribution in [0.15, 0.2) is 29.2 Å². The van der Waals surface area contributed by atoms with Gasteiger partial charge in [0.15, 0.2) is 9.84 Å². The fourth-order valence-corrected chi connectivity index (χ4v) is 3.01. The van der Waals surface area contributed by atoms with E-state index < -0.39 is 27.5 Å². The highest BCUT2D eigenvalue weighted by atomic mass is 32.2. The Kier molecular flexibility index (Phi) is 4.88. The van der Waals surface area contributed by atoms with Crippen LogP contribution in [0.4, 0.5) is 0 Å². The van der Waals surface area contributed by atoms with Gasteiger partial charge in [0, 0.05) is 13.1 Å². The minimum Gasteiger partial charge on any atom is -0.478 e. The van der Waals surface area contributed by atoms with Crippen molar-refractivity contribution in [2.45, 2.75) is 24.8 Å². The monoisotopic (exact) mass is 299 g/mol. The SMILES string of the molecule is CC(C)N(C)C(=O)CS(=O)(=O)c1ccccc1C(=O)O. The Morgan fingerprint density at radius 1 is 1.25 bits per heavy atom. The first kappa shape index (κ1) is 16.2. The Hall–Kier alpha value is -1.89. The summed E-state index contributed by atoms with van der Waals surface area (Å²) in [6, 6.07) is 5.13. The summed E-state index contributed by atoms with van der Waals surface area (Å²) in [4.78, 5) is 23.9. The molecule has 0 atom stereocenters. The summed E-state index contributed by atoms with van der Waals surface area (Å²) in [6.45, 7) is 3.52. The van der Waals surface area contributed by atoms with Crippen LogP contribution in [0.3, 0.4) is 0 Å². The van der Waals surface area contributed by atoms with Crippen molar-refractivity contribution >= 4 is 21.7 Å². The van der Waals surface area contributed by atoms with Crippen molar-refractivity contribution in [2.75, 3.05) is 12.8 Å². The molecule has 0 spiro atoms. The van der Waals surface area contributed by atoms with Crippen LogP contribution < -0.4 is 0 Å². The van der Waals surface area contributed by atoms with Gasteiger partial charge in [0.2, 0.25) is 5.91 Å². The zero-order valence-corrected chi connectivity index (χ0v) is 12.3. The number of carboxylic acids is 1. The highest BCUT2D eigenvalue weighted by Crippen LogP contribution is 2.17. The highest BCUT2D eigenvalue weighted by molar-refractivity contribution is 7.92. The lowest BCUT2D eigenvalue weighted by molar-refractivity contribution is -0.128. The van der Waals surface area contributed by atoms with E-state index in [1.54, 1.807) is 13.8 Å². The van der Waals surface area contributed by atoms with Gasteiger partial charge in [-0.05, 0) is 26.0 Å². The van der Waals surface area contributed by atoms with Crippen molar-refractivity contribution in [3.8, 4) is 0 Å². The van der Waals surface area contributed by atoms with Crippen molar-refractivity contribution in [2.24, 2.45) is 0 Å². The van der Waals surface area contributed by atoms with E-state index >= 15 is 0 Å². The molecule has 0 aromatic heterocycles. The van der Waals surface area contributed by atoms with Crippen LogP contribution >= 0.6 is 0 Å². The Morgan fingerprint density at radius 2 is 1.80 bits per heavy atom. The molecule has 0 aliphatic rings. The van der Waals surface area contributed by atoms with Gasteiger partial charge >= 0.3 is 5.97 Å². The second kappa shape index (κ2) is 6.04.